The van der Waals surface area contributed by atoms with E-state index in [1.165, 1.54) is 6.26 Å². The van der Waals surface area contributed by atoms with Gasteiger partial charge in [0.1, 0.15) is 6.17 Å². The van der Waals surface area contributed by atoms with Gasteiger partial charge in [-0.05, 0) is 41.9 Å². The zero-order chi connectivity index (χ0) is 22.1. The van der Waals surface area contributed by atoms with Gasteiger partial charge in [-0.2, -0.15) is 14.3 Å². The Hall–Kier alpha value is -3.73. The summed E-state index contributed by atoms with van der Waals surface area (Å²) < 4.78 is 9.55. The number of nitrogens with two attached hydrogens (primary N) is 1. The molecule has 0 saturated heterocycles. The first-order valence-corrected chi connectivity index (χ1v) is 10.7. The molecular formula is C21H16ClN7O2S. The zero-order valence-corrected chi connectivity index (χ0v) is 18.0. The number of rotatable bonds is 4. The van der Waals surface area contributed by atoms with Gasteiger partial charge in [0, 0.05) is 28.5 Å². The Labute approximate surface area is 191 Å². The number of anilines is 3. The molecule has 1 unspecified atom stereocenters. The molecule has 1 aliphatic heterocycles. The Bertz CT molecular complexity index is 1290. The van der Waals surface area contributed by atoms with Crippen molar-refractivity contribution in [3.05, 3.63) is 72.5 Å². The van der Waals surface area contributed by atoms with Gasteiger partial charge in [-0.3, -0.25) is 10.2 Å². The normalized spacial score (nSPS) is 15.1. The number of aromatic nitrogens is 2. The van der Waals surface area contributed by atoms with Crippen molar-refractivity contribution in [2.45, 2.75) is 6.17 Å². The summed E-state index contributed by atoms with van der Waals surface area (Å²) in [6, 6.07) is 17.9. The number of nitrogens with zero attached hydrogens (tertiary/aromatic N) is 4. The summed E-state index contributed by atoms with van der Waals surface area (Å²) in [6.45, 7) is 0. The minimum Gasteiger partial charge on any atom is -0.446 e. The Morgan fingerprint density at radius 2 is 1.88 bits per heavy atom. The van der Waals surface area contributed by atoms with Gasteiger partial charge >= 0.3 is 6.03 Å². The Balaban J connectivity index is 1.24. The van der Waals surface area contributed by atoms with Gasteiger partial charge in [0.05, 0.1) is 11.8 Å². The second-order valence-electron chi connectivity index (χ2n) is 6.79. The van der Waals surface area contributed by atoms with Crippen LogP contribution in [-0.4, -0.2) is 20.7 Å². The number of benzene rings is 2. The molecule has 4 aromatic rings. The first-order valence-electron chi connectivity index (χ1n) is 9.52. The summed E-state index contributed by atoms with van der Waals surface area (Å²) in [7, 11) is 0. The number of urea groups is 1. The first-order chi connectivity index (χ1) is 15.6. The minimum atomic E-state index is -0.535. The molecule has 1 aliphatic rings. The molecule has 11 heteroatoms. The molecular weight excluding hydrogens is 450 g/mol. The third-order valence-corrected chi connectivity index (χ3v) is 5.64. The summed E-state index contributed by atoms with van der Waals surface area (Å²) in [5, 5.41) is 6.06. The number of aliphatic imine (C=N–C) groups is 1. The van der Waals surface area contributed by atoms with Crippen LogP contribution in [0.1, 0.15) is 11.7 Å². The largest absolute Gasteiger partial charge is 0.446 e. The molecule has 4 N–H and O–H groups in total. The summed E-state index contributed by atoms with van der Waals surface area (Å²) in [6.07, 6.45) is 0.987. The molecule has 9 nitrogen and oxygen atoms in total. The van der Waals surface area contributed by atoms with Crippen LogP contribution >= 0.6 is 23.1 Å². The van der Waals surface area contributed by atoms with Gasteiger partial charge in [-0.1, -0.05) is 30.3 Å². The standard InChI is InChI=1S/C21H16ClN7O2S/c22-19-26-18-15(10-11-31-18)16(23)29(19)14-8-6-13(7-9-14)24-20(30)27-21-25-17(28-32-21)12-4-2-1-3-5-12/h1-11,16H,23H2,(H2,24,25,27,28,30). The molecule has 32 heavy (non-hydrogen) atoms. The van der Waals surface area contributed by atoms with Gasteiger partial charge in [0.15, 0.2) is 5.82 Å². The van der Waals surface area contributed by atoms with E-state index in [9.17, 15) is 4.79 Å². The van der Waals surface area contributed by atoms with Crippen LogP contribution in [0, 0.1) is 0 Å². The SMILES string of the molecule is NC1c2ccoc2N=C(Cl)N1c1ccc(NC(=O)Nc2nc(-c3ccccc3)ns2)cc1. The lowest BCUT2D eigenvalue weighted by atomic mass is 10.2. The predicted octanol–water partition coefficient (Wildman–Crippen LogP) is 5.15. The monoisotopic (exact) mass is 465 g/mol. The first kappa shape index (κ1) is 20.2. The zero-order valence-electron chi connectivity index (χ0n) is 16.4. The van der Waals surface area contributed by atoms with Crippen LogP contribution in [0.4, 0.5) is 27.2 Å². The van der Waals surface area contributed by atoms with E-state index in [0.29, 0.717) is 22.5 Å². The highest BCUT2D eigenvalue weighted by molar-refractivity contribution is 7.10. The molecule has 160 valence electrons. The fourth-order valence-corrected chi connectivity index (χ4v) is 4.09. The summed E-state index contributed by atoms with van der Waals surface area (Å²) in [5.74, 6) is 0.966. The number of hydrogen-bond donors (Lipinski definition) is 3. The number of furan rings is 1. The second kappa shape index (κ2) is 8.42. The van der Waals surface area contributed by atoms with Crippen molar-refractivity contribution in [3.63, 3.8) is 0 Å². The lowest BCUT2D eigenvalue weighted by molar-refractivity contribution is 0.262. The van der Waals surface area contributed by atoms with E-state index < -0.39 is 12.2 Å². The summed E-state index contributed by atoms with van der Waals surface area (Å²) in [4.78, 5) is 22.6. The summed E-state index contributed by atoms with van der Waals surface area (Å²) >= 11 is 7.41. The predicted molar refractivity (Wildman–Crippen MR) is 125 cm³/mol. The van der Waals surface area contributed by atoms with Crippen molar-refractivity contribution < 1.29 is 9.21 Å². The van der Waals surface area contributed by atoms with Crippen molar-refractivity contribution in [2.75, 3.05) is 15.5 Å². The van der Waals surface area contributed by atoms with E-state index >= 15 is 0 Å². The number of hydrogen-bond acceptors (Lipinski definition) is 8. The molecule has 2 amide bonds. The average molecular weight is 466 g/mol. The van der Waals surface area contributed by atoms with Gasteiger partial charge in [-0.25, -0.2) is 4.79 Å². The lowest BCUT2D eigenvalue weighted by Crippen LogP contribution is -2.39. The lowest BCUT2D eigenvalue weighted by Gasteiger charge is -2.31. The van der Waals surface area contributed by atoms with Crippen LogP contribution in [0.3, 0.4) is 0 Å². The van der Waals surface area contributed by atoms with Crippen LogP contribution in [0.15, 0.2) is 76.3 Å². The molecule has 2 aromatic carbocycles. The van der Waals surface area contributed by atoms with Gasteiger partial charge in [-0.15, -0.1) is 0 Å². The number of carbonyl (C=O) groups is 1. The molecule has 2 aromatic heterocycles. The Morgan fingerprint density at radius 3 is 2.66 bits per heavy atom. The maximum absolute atomic E-state index is 12.4. The van der Waals surface area contributed by atoms with Crippen LogP contribution in [0.2, 0.25) is 0 Å². The van der Waals surface area contributed by atoms with Crippen LogP contribution in [0.5, 0.6) is 0 Å². The van der Waals surface area contributed by atoms with Crippen molar-refractivity contribution in [3.8, 4) is 11.4 Å². The van der Waals surface area contributed by atoms with Gasteiger partial charge in [0.25, 0.3) is 0 Å². The third kappa shape index (κ3) is 3.94. The van der Waals surface area contributed by atoms with Gasteiger partial charge in [0.2, 0.25) is 16.3 Å². The van der Waals surface area contributed by atoms with Gasteiger partial charge < -0.3 is 15.5 Å². The van der Waals surface area contributed by atoms with E-state index in [2.05, 4.69) is 25.0 Å². The number of amides is 2. The highest BCUT2D eigenvalue weighted by atomic mass is 35.5. The maximum Gasteiger partial charge on any atom is 0.325 e. The van der Waals surface area contributed by atoms with Crippen molar-refractivity contribution >= 4 is 56.8 Å². The average Bonchev–Trinajstić information content (AvgIpc) is 3.45. The van der Waals surface area contributed by atoms with Crippen LogP contribution in [-0.2, 0) is 0 Å². The highest BCUT2D eigenvalue weighted by Crippen LogP contribution is 2.37. The molecule has 0 bridgehead atoms. The maximum atomic E-state index is 12.4. The van der Waals surface area contributed by atoms with Crippen LogP contribution < -0.4 is 21.3 Å². The minimum absolute atomic E-state index is 0.198. The number of carbonyl (C=O) groups excluding carboxylic acids is 1. The molecule has 0 saturated carbocycles. The summed E-state index contributed by atoms with van der Waals surface area (Å²) in [5.41, 5.74) is 9.24. The quantitative estimate of drug-likeness (QED) is 0.358. The van der Waals surface area contributed by atoms with E-state index in [1.807, 2.05) is 30.3 Å². The molecule has 1 atom stereocenters. The van der Waals surface area contributed by atoms with Crippen LogP contribution in [0.25, 0.3) is 11.4 Å². The topological polar surface area (TPSA) is 122 Å². The molecule has 0 fully saturated rings. The molecule has 0 spiro atoms. The van der Waals surface area contributed by atoms with Crippen molar-refractivity contribution in [2.24, 2.45) is 10.7 Å². The van der Waals surface area contributed by atoms with E-state index in [1.54, 1.807) is 35.2 Å². The van der Waals surface area contributed by atoms with Crippen molar-refractivity contribution in [1.29, 1.82) is 0 Å². The van der Waals surface area contributed by atoms with Crippen molar-refractivity contribution in [1.82, 2.24) is 9.36 Å². The van der Waals surface area contributed by atoms with E-state index in [0.717, 1.165) is 28.3 Å². The molecule has 0 radical (unpaired) electrons. The Morgan fingerprint density at radius 1 is 1.09 bits per heavy atom. The molecule has 0 aliphatic carbocycles. The number of amidine groups is 1. The smallest absolute Gasteiger partial charge is 0.325 e. The fourth-order valence-electron chi connectivity index (χ4n) is 3.23. The second-order valence-corrected chi connectivity index (χ2v) is 7.88. The Kier molecular flexibility index (Phi) is 5.31. The molecule has 5 rings (SSSR count). The van der Waals surface area contributed by atoms with E-state index in [4.69, 9.17) is 21.8 Å². The highest BCUT2D eigenvalue weighted by Gasteiger charge is 2.29. The fraction of sp³-hybridized carbons (Fsp3) is 0.0476. The number of nitrogens with one attached hydrogen (secondary N) is 2. The molecule has 3 heterocycles. The van der Waals surface area contributed by atoms with E-state index in [-0.39, 0.29) is 5.29 Å². The third-order valence-electron chi connectivity index (χ3n) is 4.75. The number of fused-ring (bicyclic) bond motifs is 1. The number of halogens is 1.